The molecule has 1 nitrogen and oxygen atoms in total. The third-order valence-electron chi connectivity index (χ3n) is 2.99. The van der Waals surface area contributed by atoms with Crippen molar-refractivity contribution in [1.82, 2.24) is 0 Å². The van der Waals surface area contributed by atoms with E-state index < -0.39 is 11.6 Å². The van der Waals surface area contributed by atoms with E-state index in [1.807, 2.05) is 0 Å². The van der Waals surface area contributed by atoms with E-state index in [9.17, 15) is 8.78 Å². The predicted molar refractivity (Wildman–Crippen MR) is 55.4 cm³/mol. The minimum absolute atomic E-state index is 0.310. The lowest BCUT2D eigenvalue weighted by atomic mass is 10.00. The van der Waals surface area contributed by atoms with Gasteiger partial charge in [0.15, 0.2) is 11.6 Å². The van der Waals surface area contributed by atoms with Gasteiger partial charge in [0.05, 0.1) is 0 Å². The molecule has 1 aromatic carbocycles. The van der Waals surface area contributed by atoms with E-state index in [2.05, 4.69) is 0 Å². The molecule has 0 aromatic heterocycles. The zero-order valence-corrected chi connectivity index (χ0v) is 8.76. The number of aryl methyl sites for hydroxylation is 1. The van der Waals surface area contributed by atoms with Gasteiger partial charge in [-0.05, 0) is 24.8 Å². The number of nitrogens with two attached hydrogens (primary N) is 1. The van der Waals surface area contributed by atoms with Crippen LogP contribution in [0.1, 0.15) is 36.4 Å². The highest BCUT2D eigenvalue weighted by atomic mass is 19.2. The largest absolute Gasteiger partial charge is 0.324 e. The molecule has 1 aliphatic rings. The van der Waals surface area contributed by atoms with E-state index in [1.54, 1.807) is 19.1 Å². The standard InChI is InChI=1S/C12H15F2N/c1-7-2-5-9(12(14)11(7)13)10(15)6-8-3-4-8/h2,5,8,10H,3-4,6,15H2,1H3/t10-/m0/s1. The summed E-state index contributed by atoms with van der Waals surface area (Å²) in [5, 5.41) is 0. The minimum Gasteiger partial charge on any atom is -0.324 e. The molecule has 1 aliphatic carbocycles. The van der Waals surface area contributed by atoms with Crippen molar-refractivity contribution in [2.45, 2.75) is 32.2 Å². The quantitative estimate of drug-likeness (QED) is 0.817. The predicted octanol–water partition coefficient (Wildman–Crippen LogP) is 3.07. The molecule has 1 aromatic rings. The fourth-order valence-corrected chi connectivity index (χ4v) is 1.79. The van der Waals surface area contributed by atoms with Gasteiger partial charge in [0, 0.05) is 11.6 Å². The lowest BCUT2D eigenvalue weighted by Gasteiger charge is -2.13. The van der Waals surface area contributed by atoms with Gasteiger partial charge < -0.3 is 5.73 Å². The molecule has 0 amide bonds. The summed E-state index contributed by atoms with van der Waals surface area (Å²) < 4.78 is 26.8. The molecule has 2 rings (SSSR count). The number of halogens is 2. The average Bonchev–Trinajstić information content (AvgIpc) is 2.98. The Bertz CT molecular complexity index is 372. The van der Waals surface area contributed by atoms with Crippen molar-refractivity contribution in [3.63, 3.8) is 0 Å². The molecule has 0 unspecified atom stereocenters. The average molecular weight is 211 g/mol. The Labute approximate surface area is 88.3 Å². The topological polar surface area (TPSA) is 26.0 Å². The van der Waals surface area contributed by atoms with Gasteiger partial charge in [-0.2, -0.15) is 0 Å². The van der Waals surface area contributed by atoms with Crippen LogP contribution in [0.5, 0.6) is 0 Å². The summed E-state index contributed by atoms with van der Waals surface area (Å²) in [6.45, 7) is 1.55. The maximum atomic E-state index is 13.5. The molecule has 0 bridgehead atoms. The molecule has 0 aliphatic heterocycles. The summed E-state index contributed by atoms with van der Waals surface area (Å²) >= 11 is 0. The van der Waals surface area contributed by atoms with E-state index in [0.717, 1.165) is 6.42 Å². The van der Waals surface area contributed by atoms with Gasteiger partial charge in [0.2, 0.25) is 0 Å². The van der Waals surface area contributed by atoms with Crippen LogP contribution in [-0.2, 0) is 0 Å². The zero-order valence-electron chi connectivity index (χ0n) is 8.76. The van der Waals surface area contributed by atoms with Crippen LogP contribution in [0.25, 0.3) is 0 Å². The number of hydrogen-bond acceptors (Lipinski definition) is 1. The monoisotopic (exact) mass is 211 g/mol. The van der Waals surface area contributed by atoms with Crippen LogP contribution < -0.4 is 5.73 Å². The van der Waals surface area contributed by atoms with Crippen molar-refractivity contribution in [3.05, 3.63) is 34.9 Å². The Balaban J connectivity index is 2.22. The molecular weight excluding hydrogens is 196 g/mol. The van der Waals surface area contributed by atoms with Gasteiger partial charge in [0.1, 0.15) is 0 Å². The summed E-state index contributed by atoms with van der Waals surface area (Å²) in [6, 6.07) is 2.81. The normalized spacial score (nSPS) is 17.9. The first-order chi connectivity index (χ1) is 7.09. The van der Waals surface area contributed by atoms with Crippen LogP contribution in [0.2, 0.25) is 0 Å². The fraction of sp³-hybridized carbons (Fsp3) is 0.500. The summed E-state index contributed by atoms with van der Waals surface area (Å²) in [6.07, 6.45) is 3.10. The van der Waals surface area contributed by atoms with Crippen molar-refractivity contribution < 1.29 is 8.78 Å². The van der Waals surface area contributed by atoms with Crippen molar-refractivity contribution in [1.29, 1.82) is 0 Å². The molecule has 1 fully saturated rings. The Hall–Kier alpha value is -0.960. The summed E-state index contributed by atoms with van der Waals surface area (Å²) in [4.78, 5) is 0. The first kappa shape index (κ1) is 10.6. The smallest absolute Gasteiger partial charge is 0.163 e. The van der Waals surface area contributed by atoms with Gasteiger partial charge in [-0.25, -0.2) is 8.78 Å². The van der Waals surface area contributed by atoms with E-state index in [-0.39, 0.29) is 6.04 Å². The first-order valence-electron chi connectivity index (χ1n) is 5.29. The van der Waals surface area contributed by atoms with Crippen LogP contribution in [0.3, 0.4) is 0 Å². The number of rotatable bonds is 3. The van der Waals surface area contributed by atoms with Crippen LogP contribution in [0.4, 0.5) is 8.78 Å². The Kier molecular flexibility index (Phi) is 2.74. The highest BCUT2D eigenvalue weighted by Gasteiger charge is 2.26. The minimum atomic E-state index is -0.775. The summed E-state index contributed by atoms with van der Waals surface area (Å²) in [5.74, 6) is -0.925. The molecule has 0 heterocycles. The van der Waals surface area contributed by atoms with Crippen molar-refractivity contribution in [2.75, 3.05) is 0 Å². The van der Waals surface area contributed by atoms with E-state index >= 15 is 0 Å². The zero-order chi connectivity index (χ0) is 11.0. The second kappa shape index (κ2) is 3.89. The Morgan fingerprint density at radius 1 is 1.33 bits per heavy atom. The third-order valence-corrected chi connectivity index (χ3v) is 2.99. The second-order valence-corrected chi connectivity index (χ2v) is 4.39. The van der Waals surface area contributed by atoms with Crippen LogP contribution >= 0.6 is 0 Å². The molecule has 3 heteroatoms. The molecule has 0 saturated heterocycles. The Morgan fingerprint density at radius 2 is 2.00 bits per heavy atom. The summed E-state index contributed by atoms with van der Waals surface area (Å²) in [7, 11) is 0. The van der Waals surface area contributed by atoms with Gasteiger partial charge in [0.25, 0.3) is 0 Å². The maximum Gasteiger partial charge on any atom is 0.163 e. The van der Waals surface area contributed by atoms with Crippen LogP contribution in [-0.4, -0.2) is 0 Å². The molecule has 82 valence electrons. The fourth-order valence-electron chi connectivity index (χ4n) is 1.79. The van der Waals surface area contributed by atoms with Crippen LogP contribution in [0, 0.1) is 24.5 Å². The van der Waals surface area contributed by atoms with Crippen molar-refractivity contribution in [2.24, 2.45) is 11.7 Å². The first-order valence-corrected chi connectivity index (χ1v) is 5.29. The Morgan fingerprint density at radius 3 is 2.60 bits per heavy atom. The lowest BCUT2D eigenvalue weighted by molar-refractivity contribution is 0.474. The SMILES string of the molecule is Cc1ccc([C@@H](N)CC2CC2)c(F)c1F. The van der Waals surface area contributed by atoms with Crippen molar-refractivity contribution in [3.8, 4) is 0 Å². The highest BCUT2D eigenvalue weighted by Crippen LogP contribution is 2.37. The summed E-state index contributed by atoms with van der Waals surface area (Å²) in [5.41, 5.74) is 6.49. The molecule has 0 spiro atoms. The van der Waals surface area contributed by atoms with Gasteiger partial charge in [-0.3, -0.25) is 0 Å². The van der Waals surface area contributed by atoms with E-state index in [4.69, 9.17) is 5.73 Å². The van der Waals surface area contributed by atoms with E-state index in [0.29, 0.717) is 17.0 Å². The highest BCUT2D eigenvalue weighted by molar-refractivity contribution is 5.27. The van der Waals surface area contributed by atoms with E-state index in [1.165, 1.54) is 12.8 Å². The van der Waals surface area contributed by atoms with Crippen molar-refractivity contribution >= 4 is 0 Å². The number of benzene rings is 1. The lowest BCUT2D eigenvalue weighted by Crippen LogP contribution is -2.14. The molecule has 1 atom stereocenters. The molecule has 15 heavy (non-hydrogen) atoms. The van der Waals surface area contributed by atoms with Gasteiger partial charge in [-0.1, -0.05) is 25.0 Å². The molecule has 2 N–H and O–H groups in total. The second-order valence-electron chi connectivity index (χ2n) is 4.39. The molecule has 0 radical (unpaired) electrons. The molecule has 1 saturated carbocycles. The van der Waals surface area contributed by atoms with Gasteiger partial charge in [-0.15, -0.1) is 0 Å². The van der Waals surface area contributed by atoms with Crippen LogP contribution in [0.15, 0.2) is 12.1 Å². The number of hydrogen-bond donors (Lipinski definition) is 1. The van der Waals surface area contributed by atoms with Gasteiger partial charge >= 0.3 is 0 Å². The maximum absolute atomic E-state index is 13.5. The molecular formula is C12H15F2N. The third kappa shape index (κ3) is 2.17.